The molecule has 0 unspecified atom stereocenters. The van der Waals surface area contributed by atoms with Crippen LogP contribution < -0.4 is 10.6 Å². The molecule has 3 aromatic rings. The van der Waals surface area contributed by atoms with Crippen LogP contribution in [0.1, 0.15) is 31.8 Å². The van der Waals surface area contributed by atoms with Crippen molar-refractivity contribution in [1.82, 2.24) is 0 Å². The Morgan fingerprint density at radius 1 is 0.643 bits per heavy atom. The second kappa shape index (κ2) is 8.46. The van der Waals surface area contributed by atoms with E-state index in [1.165, 1.54) is 0 Å². The van der Waals surface area contributed by atoms with Crippen LogP contribution in [0.4, 0.5) is 11.4 Å². The number of carbonyl (C=O) groups excluding carboxylic acids is 2. The Balaban J connectivity index is 1.74. The Labute approximate surface area is 173 Å². The minimum Gasteiger partial charge on any atom is -0.320 e. The van der Waals surface area contributed by atoms with Crippen LogP contribution in [0.25, 0.3) is 0 Å². The zero-order valence-corrected chi connectivity index (χ0v) is 16.9. The van der Waals surface area contributed by atoms with Gasteiger partial charge in [-0.2, -0.15) is 0 Å². The molecule has 6 heteroatoms. The maximum absolute atomic E-state index is 12.5. The van der Waals surface area contributed by atoms with Gasteiger partial charge in [0.25, 0.3) is 11.8 Å². The standard InChI is InChI=1S/C22H18Cl2N2O2/c1-13-5-3-7-17(23)19(13)25-21(27)15-9-11-16(12-10-15)22(28)26-20-14(2)6-4-8-18(20)24/h3-12H,1-2H3,(H,25,27)(H,26,28). The molecule has 0 heterocycles. The first-order valence-corrected chi connectivity index (χ1v) is 9.35. The van der Waals surface area contributed by atoms with Crippen molar-refractivity contribution in [3.05, 3.63) is 93.0 Å². The minimum absolute atomic E-state index is 0.301. The van der Waals surface area contributed by atoms with Gasteiger partial charge in [0.15, 0.2) is 0 Å². The maximum atomic E-state index is 12.5. The topological polar surface area (TPSA) is 58.2 Å². The Morgan fingerprint density at radius 3 is 1.32 bits per heavy atom. The highest BCUT2D eigenvalue weighted by molar-refractivity contribution is 6.34. The van der Waals surface area contributed by atoms with Crippen molar-refractivity contribution in [3.63, 3.8) is 0 Å². The van der Waals surface area contributed by atoms with E-state index >= 15 is 0 Å². The van der Waals surface area contributed by atoms with Gasteiger partial charge in [-0.15, -0.1) is 0 Å². The van der Waals surface area contributed by atoms with E-state index < -0.39 is 0 Å². The van der Waals surface area contributed by atoms with Crippen LogP contribution in [-0.2, 0) is 0 Å². The predicted octanol–water partition coefficient (Wildman–Crippen LogP) is 6.11. The molecule has 142 valence electrons. The average molecular weight is 413 g/mol. The molecule has 0 bridgehead atoms. The zero-order chi connectivity index (χ0) is 20.3. The quantitative estimate of drug-likeness (QED) is 0.542. The summed E-state index contributed by atoms with van der Waals surface area (Å²) in [4.78, 5) is 25.0. The highest BCUT2D eigenvalue weighted by atomic mass is 35.5. The van der Waals surface area contributed by atoms with Crippen LogP contribution in [0.15, 0.2) is 60.7 Å². The van der Waals surface area contributed by atoms with Crippen LogP contribution >= 0.6 is 23.2 Å². The molecule has 0 aliphatic heterocycles. The van der Waals surface area contributed by atoms with Gasteiger partial charge in [-0.25, -0.2) is 0 Å². The molecule has 3 rings (SSSR count). The Morgan fingerprint density at radius 2 is 1.00 bits per heavy atom. The summed E-state index contributed by atoms with van der Waals surface area (Å²) in [6.07, 6.45) is 0. The molecule has 0 saturated carbocycles. The molecular formula is C22H18Cl2N2O2. The summed E-state index contributed by atoms with van der Waals surface area (Å²) in [5.74, 6) is -0.602. The number of para-hydroxylation sites is 2. The van der Waals surface area contributed by atoms with E-state index in [0.717, 1.165) is 11.1 Å². The molecule has 0 aromatic heterocycles. The number of halogens is 2. The SMILES string of the molecule is Cc1cccc(Cl)c1NC(=O)c1ccc(C(=O)Nc2c(C)cccc2Cl)cc1. The van der Waals surface area contributed by atoms with Gasteiger partial charge >= 0.3 is 0 Å². The summed E-state index contributed by atoms with van der Waals surface area (Å²) >= 11 is 12.3. The van der Waals surface area contributed by atoms with Crippen molar-refractivity contribution in [1.29, 1.82) is 0 Å². The van der Waals surface area contributed by atoms with Crippen LogP contribution in [0, 0.1) is 13.8 Å². The third-order valence-electron chi connectivity index (χ3n) is 4.33. The van der Waals surface area contributed by atoms with Crippen molar-refractivity contribution in [2.24, 2.45) is 0 Å². The van der Waals surface area contributed by atoms with E-state index in [9.17, 15) is 9.59 Å². The van der Waals surface area contributed by atoms with Crippen LogP contribution in [0.5, 0.6) is 0 Å². The number of carbonyl (C=O) groups is 2. The summed E-state index contributed by atoms with van der Waals surface area (Å²) in [6.45, 7) is 3.73. The highest BCUT2D eigenvalue weighted by Gasteiger charge is 2.13. The summed E-state index contributed by atoms with van der Waals surface area (Å²) < 4.78 is 0. The van der Waals surface area contributed by atoms with Gasteiger partial charge in [0.2, 0.25) is 0 Å². The number of hydrogen-bond donors (Lipinski definition) is 2. The van der Waals surface area contributed by atoms with Gasteiger partial charge in [0, 0.05) is 11.1 Å². The van der Waals surface area contributed by atoms with E-state index in [1.807, 2.05) is 38.1 Å². The predicted molar refractivity (Wildman–Crippen MR) is 115 cm³/mol. The molecule has 4 nitrogen and oxygen atoms in total. The van der Waals surface area contributed by atoms with E-state index in [2.05, 4.69) is 10.6 Å². The van der Waals surface area contributed by atoms with Crippen LogP contribution in [0.3, 0.4) is 0 Å². The first-order valence-electron chi connectivity index (χ1n) is 8.60. The van der Waals surface area contributed by atoms with Gasteiger partial charge in [-0.05, 0) is 61.4 Å². The summed E-state index contributed by atoms with van der Waals surface area (Å²) in [7, 11) is 0. The van der Waals surface area contributed by atoms with E-state index in [-0.39, 0.29) is 11.8 Å². The second-order valence-electron chi connectivity index (χ2n) is 6.35. The Hall–Kier alpha value is -2.82. The normalized spacial score (nSPS) is 10.4. The van der Waals surface area contributed by atoms with Crippen molar-refractivity contribution in [2.75, 3.05) is 10.6 Å². The lowest BCUT2D eigenvalue weighted by Gasteiger charge is -2.12. The first kappa shape index (κ1) is 19.9. The van der Waals surface area contributed by atoms with E-state index in [1.54, 1.807) is 36.4 Å². The summed E-state index contributed by atoms with van der Waals surface area (Å²) in [5, 5.41) is 6.56. The number of amides is 2. The molecule has 3 aromatic carbocycles. The Bertz CT molecular complexity index is 922. The number of anilines is 2. The lowest BCUT2D eigenvalue weighted by atomic mass is 10.1. The Kier molecular flexibility index (Phi) is 6.02. The number of rotatable bonds is 4. The van der Waals surface area contributed by atoms with Crippen molar-refractivity contribution in [3.8, 4) is 0 Å². The molecule has 0 spiro atoms. The lowest BCUT2D eigenvalue weighted by molar-refractivity contribution is 0.101. The van der Waals surface area contributed by atoms with Crippen molar-refractivity contribution < 1.29 is 9.59 Å². The third-order valence-corrected chi connectivity index (χ3v) is 4.96. The summed E-state index contributed by atoms with van der Waals surface area (Å²) in [5.41, 5.74) is 3.73. The monoisotopic (exact) mass is 412 g/mol. The smallest absolute Gasteiger partial charge is 0.255 e. The van der Waals surface area contributed by atoms with E-state index in [0.29, 0.717) is 32.5 Å². The third kappa shape index (κ3) is 4.35. The molecule has 2 amide bonds. The van der Waals surface area contributed by atoms with Gasteiger partial charge in [0.05, 0.1) is 21.4 Å². The largest absolute Gasteiger partial charge is 0.320 e. The fourth-order valence-electron chi connectivity index (χ4n) is 2.72. The van der Waals surface area contributed by atoms with Crippen LogP contribution in [-0.4, -0.2) is 11.8 Å². The second-order valence-corrected chi connectivity index (χ2v) is 7.16. The first-order chi connectivity index (χ1) is 13.4. The van der Waals surface area contributed by atoms with Gasteiger partial charge < -0.3 is 10.6 Å². The fourth-order valence-corrected chi connectivity index (χ4v) is 3.26. The average Bonchev–Trinajstić information content (AvgIpc) is 2.67. The summed E-state index contributed by atoms with van der Waals surface area (Å²) in [6, 6.07) is 17.2. The van der Waals surface area contributed by atoms with E-state index in [4.69, 9.17) is 23.2 Å². The number of hydrogen-bond acceptors (Lipinski definition) is 2. The van der Waals surface area contributed by atoms with Crippen LogP contribution in [0.2, 0.25) is 10.0 Å². The maximum Gasteiger partial charge on any atom is 0.255 e. The lowest BCUT2D eigenvalue weighted by Crippen LogP contribution is -2.15. The molecule has 2 N–H and O–H groups in total. The number of aryl methyl sites for hydroxylation is 2. The number of nitrogens with one attached hydrogen (secondary N) is 2. The molecule has 0 atom stereocenters. The molecule has 0 aliphatic carbocycles. The molecule has 0 radical (unpaired) electrons. The molecular weight excluding hydrogens is 395 g/mol. The minimum atomic E-state index is -0.301. The molecule has 0 saturated heterocycles. The molecule has 28 heavy (non-hydrogen) atoms. The van der Waals surface area contributed by atoms with Gasteiger partial charge in [-0.3, -0.25) is 9.59 Å². The highest BCUT2D eigenvalue weighted by Crippen LogP contribution is 2.27. The van der Waals surface area contributed by atoms with Crippen molar-refractivity contribution >= 4 is 46.4 Å². The van der Waals surface area contributed by atoms with Crippen molar-refractivity contribution in [2.45, 2.75) is 13.8 Å². The zero-order valence-electron chi connectivity index (χ0n) is 15.3. The van der Waals surface area contributed by atoms with Gasteiger partial charge in [-0.1, -0.05) is 47.5 Å². The molecule has 0 aliphatic rings. The molecule has 0 fully saturated rings. The number of benzene rings is 3. The van der Waals surface area contributed by atoms with Gasteiger partial charge in [0.1, 0.15) is 0 Å². The fraction of sp³-hybridized carbons (Fsp3) is 0.0909.